The number of alkyl carbamates (subject to hydrolysis) is 1. The lowest BCUT2D eigenvalue weighted by Crippen LogP contribution is -2.55. The summed E-state index contributed by atoms with van der Waals surface area (Å²) in [5.41, 5.74) is -0.129. The molecular weight excluding hydrogens is 422 g/mol. The van der Waals surface area contributed by atoms with Crippen molar-refractivity contribution in [3.05, 3.63) is 48.6 Å². The SMILES string of the molecule is C=CCN(C(=O)C(CO)NC(=O)OC(C)(C)C)C(C(=O)NC1CCCCC1)c1ccccc1. The molecule has 2 unspecified atom stereocenters. The standard InChI is InChI=1S/C25H37N3O5/c1-5-16-28(23(31)20(17-29)27-24(32)33-25(2,3)4)21(18-12-8-6-9-13-18)22(30)26-19-14-10-7-11-15-19/h5-6,8-9,12-13,19-21,29H,1,7,10-11,14-17H2,2-4H3,(H,26,30)(H,27,32). The minimum atomic E-state index is -1.27. The largest absolute Gasteiger partial charge is 0.444 e. The number of aliphatic hydroxyl groups excluding tert-OH is 1. The number of ether oxygens (including phenoxy) is 1. The summed E-state index contributed by atoms with van der Waals surface area (Å²) in [6.07, 6.45) is 5.78. The third kappa shape index (κ3) is 8.20. The summed E-state index contributed by atoms with van der Waals surface area (Å²) in [5, 5.41) is 15.4. The van der Waals surface area contributed by atoms with Gasteiger partial charge in [0.15, 0.2) is 0 Å². The van der Waals surface area contributed by atoms with Crippen LogP contribution in [-0.4, -0.2) is 58.8 Å². The number of carbonyl (C=O) groups is 3. The zero-order valence-electron chi connectivity index (χ0n) is 19.9. The summed E-state index contributed by atoms with van der Waals surface area (Å²) in [5.74, 6) is -0.895. The first-order chi connectivity index (χ1) is 15.7. The van der Waals surface area contributed by atoms with Crippen LogP contribution in [-0.2, 0) is 14.3 Å². The number of benzene rings is 1. The topological polar surface area (TPSA) is 108 Å². The summed E-state index contributed by atoms with van der Waals surface area (Å²) in [4.78, 5) is 40.5. The van der Waals surface area contributed by atoms with Crippen molar-refractivity contribution >= 4 is 17.9 Å². The number of nitrogens with zero attached hydrogens (tertiary/aromatic N) is 1. The molecule has 1 fully saturated rings. The predicted molar refractivity (Wildman–Crippen MR) is 126 cm³/mol. The molecule has 3 N–H and O–H groups in total. The van der Waals surface area contributed by atoms with Crippen LogP contribution in [0.2, 0.25) is 0 Å². The highest BCUT2D eigenvalue weighted by molar-refractivity contribution is 5.92. The fourth-order valence-corrected chi connectivity index (χ4v) is 3.93. The van der Waals surface area contributed by atoms with Gasteiger partial charge in [0, 0.05) is 12.6 Å². The molecule has 0 spiro atoms. The Balaban J connectivity index is 2.30. The van der Waals surface area contributed by atoms with E-state index in [1.165, 1.54) is 11.0 Å². The third-order valence-electron chi connectivity index (χ3n) is 5.41. The van der Waals surface area contributed by atoms with Crippen LogP contribution in [0.5, 0.6) is 0 Å². The van der Waals surface area contributed by atoms with E-state index < -0.39 is 36.3 Å². The van der Waals surface area contributed by atoms with Crippen LogP contribution in [0.15, 0.2) is 43.0 Å². The molecule has 1 aliphatic carbocycles. The number of hydrogen-bond acceptors (Lipinski definition) is 5. The predicted octanol–water partition coefficient (Wildman–Crippen LogP) is 3.08. The van der Waals surface area contributed by atoms with Crippen LogP contribution < -0.4 is 10.6 Å². The summed E-state index contributed by atoms with van der Waals surface area (Å²) in [7, 11) is 0. The van der Waals surface area contributed by atoms with Crippen molar-refractivity contribution in [3.63, 3.8) is 0 Å². The molecule has 1 saturated carbocycles. The average molecular weight is 460 g/mol. The molecule has 0 radical (unpaired) electrons. The summed E-state index contributed by atoms with van der Waals surface area (Å²) < 4.78 is 5.22. The number of aliphatic hydroxyl groups is 1. The molecule has 0 aromatic heterocycles. The Morgan fingerprint density at radius 1 is 1.18 bits per heavy atom. The first-order valence-corrected chi connectivity index (χ1v) is 11.5. The Morgan fingerprint density at radius 3 is 2.36 bits per heavy atom. The molecule has 0 aliphatic heterocycles. The monoisotopic (exact) mass is 459 g/mol. The summed E-state index contributed by atoms with van der Waals surface area (Å²) in [6, 6.07) is 6.85. The van der Waals surface area contributed by atoms with Crippen LogP contribution >= 0.6 is 0 Å². The van der Waals surface area contributed by atoms with Crippen molar-refractivity contribution in [2.24, 2.45) is 0 Å². The van der Waals surface area contributed by atoms with E-state index in [2.05, 4.69) is 17.2 Å². The third-order valence-corrected chi connectivity index (χ3v) is 5.41. The maximum Gasteiger partial charge on any atom is 0.408 e. The van der Waals surface area contributed by atoms with E-state index in [4.69, 9.17) is 4.74 Å². The van der Waals surface area contributed by atoms with Crippen molar-refractivity contribution in [2.45, 2.75) is 76.6 Å². The Hall–Kier alpha value is -2.87. The van der Waals surface area contributed by atoms with Gasteiger partial charge in [-0.15, -0.1) is 6.58 Å². The van der Waals surface area contributed by atoms with Crippen LogP contribution in [0.3, 0.4) is 0 Å². The van der Waals surface area contributed by atoms with E-state index in [0.29, 0.717) is 5.56 Å². The smallest absolute Gasteiger partial charge is 0.408 e. The number of carbonyl (C=O) groups excluding carboxylic acids is 3. The maximum atomic E-state index is 13.4. The second-order valence-corrected chi connectivity index (χ2v) is 9.32. The molecule has 0 saturated heterocycles. The molecule has 1 aromatic rings. The minimum Gasteiger partial charge on any atom is -0.444 e. The number of nitrogens with one attached hydrogen (secondary N) is 2. The van der Waals surface area contributed by atoms with Crippen molar-refractivity contribution in [3.8, 4) is 0 Å². The van der Waals surface area contributed by atoms with Gasteiger partial charge in [-0.3, -0.25) is 9.59 Å². The highest BCUT2D eigenvalue weighted by atomic mass is 16.6. The summed E-state index contributed by atoms with van der Waals surface area (Å²) in [6.45, 7) is 8.25. The molecule has 1 aromatic carbocycles. The second kappa shape index (κ2) is 12.4. The lowest BCUT2D eigenvalue weighted by molar-refractivity contribution is -0.143. The summed E-state index contributed by atoms with van der Waals surface area (Å²) >= 11 is 0. The molecule has 8 nitrogen and oxygen atoms in total. The number of amides is 3. The quantitative estimate of drug-likeness (QED) is 0.492. The maximum absolute atomic E-state index is 13.4. The van der Waals surface area contributed by atoms with E-state index in [9.17, 15) is 19.5 Å². The van der Waals surface area contributed by atoms with Gasteiger partial charge >= 0.3 is 6.09 Å². The van der Waals surface area contributed by atoms with Crippen LogP contribution in [0.4, 0.5) is 4.79 Å². The molecule has 0 bridgehead atoms. The molecule has 8 heteroatoms. The molecule has 182 valence electrons. The second-order valence-electron chi connectivity index (χ2n) is 9.32. The molecule has 3 amide bonds. The van der Waals surface area contributed by atoms with Gasteiger partial charge in [0.1, 0.15) is 17.7 Å². The van der Waals surface area contributed by atoms with E-state index in [1.54, 1.807) is 45.0 Å². The fraction of sp³-hybridized carbons (Fsp3) is 0.560. The normalized spacial score (nSPS) is 16.2. The van der Waals surface area contributed by atoms with E-state index in [0.717, 1.165) is 32.1 Å². The zero-order chi connectivity index (χ0) is 24.4. The van der Waals surface area contributed by atoms with Gasteiger partial charge in [0.25, 0.3) is 0 Å². The average Bonchev–Trinajstić information content (AvgIpc) is 2.77. The first-order valence-electron chi connectivity index (χ1n) is 11.5. The number of rotatable bonds is 9. The van der Waals surface area contributed by atoms with E-state index >= 15 is 0 Å². The van der Waals surface area contributed by atoms with Gasteiger partial charge in [0.05, 0.1) is 6.61 Å². The molecule has 2 atom stereocenters. The van der Waals surface area contributed by atoms with Crippen LogP contribution in [0.1, 0.15) is 64.5 Å². The van der Waals surface area contributed by atoms with Crippen LogP contribution in [0.25, 0.3) is 0 Å². The van der Waals surface area contributed by atoms with Gasteiger partial charge in [-0.05, 0) is 39.2 Å². The molecule has 33 heavy (non-hydrogen) atoms. The van der Waals surface area contributed by atoms with Gasteiger partial charge in [-0.2, -0.15) is 0 Å². The Bertz CT molecular complexity index is 800. The minimum absolute atomic E-state index is 0.0585. The van der Waals surface area contributed by atoms with Crippen molar-refractivity contribution in [1.82, 2.24) is 15.5 Å². The van der Waals surface area contributed by atoms with Crippen molar-refractivity contribution in [2.75, 3.05) is 13.2 Å². The Kier molecular flexibility index (Phi) is 9.91. The fourth-order valence-electron chi connectivity index (χ4n) is 3.93. The molecule has 1 aliphatic rings. The molecule has 0 heterocycles. The zero-order valence-corrected chi connectivity index (χ0v) is 19.9. The van der Waals surface area contributed by atoms with Crippen molar-refractivity contribution < 1.29 is 24.2 Å². The Morgan fingerprint density at radius 2 is 1.82 bits per heavy atom. The van der Waals surface area contributed by atoms with Gasteiger partial charge in [0.2, 0.25) is 11.8 Å². The van der Waals surface area contributed by atoms with Gasteiger partial charge < -0.3 is 25.4 Å². The lowest BCUT2D eigenvalue weighted by atomic mass is 9.94. The molecule has 2 rings (SSSR count). The Labute approximate surface area is 196 Å². The van der Waals surface area contributed by atoms with Gasteiger partial charge in [-0.25, -0.2) is 4.79 Å². The molecular formula is C25H37N3O5. The van der Waals surface area contributed by atoms with Gasteiger partial charge in [-0.1, -0.05) is 55.7 Å². The lowest BCUT2D eigenvalue weighted by Gasteiger charge is -2.34. The van der Waals surface area contributed by atoms with Crippen molar-refractivity contribution in [1.29, 1.82) is 0 Å². The van der Waals surface area contributed by atoms with Crippen LogP contribution in [0, 0.1) is 0 Å². The van der Waals surface area contributed by atoms with E-state index in [1.807, 2.05) is 6.07 Å². The first kappa shape index (κ1) is 26.4. The van der Waals surface area contributed by atoms with E-state index in [-0.39, 0.29) is 18.5 Å². The highest BCUT2D eigenvalue weighted by Crippen LogP contribution is 2.24. The highest BCUT2D eigenvalue weighted by Gasteiger charge is 2.36. The number of hydrogen-bond donors (Lipinski definition) is 3.